The number of para-hydroxylation sites is 1. The highest BCUT2D eigenvalue weighted by Crippen LogP contribution is 2.45. The van der Waals surface area contributed by atoms with E-state index in [0.29, 0.717) is 24.3 Å². The molecule has 0 atom stereocenters. The summed E-state index contributed by atoms with van der Waals surface area (Å²) in [4.78, 5) is 13.1. The molecule has 0 unspecified atom stereocenters. The lowest BCUT2D eigenvalue weighted by Crippen LogP contribution is -2.25. The van der Waals surface area contributed by atoms with E-state index in [4.69, 9.17) is 9.47 Å². The first kappa shape index (κ1) is 18.7. The van der Waals surface area contributed by atoms with E-state index in [-0.39, 0.29) is 12.0 Å². The summed E-state index contributed by atoms with van der Waals surface area (Å²) >= 11 is 0. The fourth-order valence-corrected chi connectivity index (χ4v) is 4.31. The first-order valence-corrected chi connectivity index (χ1v) is 10.7. The molecule has 1 N–H and O–H groups in total. The second-order valence-corrected chi connectivity index (χ2v) is 8.00. The minimum atomic E-state index is -0.0921. The van der Waals surface area contributed by atoms with Gasteiger partial charge in [-0.3, -0.25) is 4.79 Å². The fourth-order valence-electron chi connectivity index (χ4n) is 4.31. The van der Waals surface area contributed by atoms with Crippen molar-refractivity contribution in [1.29, 1.82) is 0 Å². The van der Waals surface area contributed by atoms with E-state index in [1.54, 1.807) is 0 Å². The van der Waals surface area contributed by atoms with Crippen LogP contribution in [0.25, 0.3) is 0 Å². The van der Waals surface area contributed by atoms with Crippen LogP contribution in [0, 0.1) is 0 Å². The van der Waals surface area contributed by atoms with Gasteiger partial charge in [-0.15, -0.1) is 0 Å². The zero-order valence-corrected chi connectivity index (χ0v) is 16.9. The van der Waals surface area contributed by atoms with Crippen molar-refractivity contribution in [3.63, 3.8) is 0 Å². The van der Waals surface area contributed by atoms with Crippen LogP contribution in [0.2, 0.25) is 0 Å². The molecular formula is C26H25NO3. The maximum absolute atomic E-state index is 13.1. The van der Waals surface area contributed by atoms with Crippen LogP contribution in [-0.2, 0) is 13.0 Å². The van der Waals surface area contributed by atoms with Gasteiger partial charge in [0.1, 0.15) is 5.75 Å². The van der Waals surface area contributed by atoms with Gasteiger partial charge in [0.05, 0.1) is 6.10 Å². The summed E-state index contributed by atoms with van der Waals surface area (Å²) in [5.41, 5.74) is 3.70. The Morgan fingerprint density at radius 1 is 0.967 bits per heavy atom. The number of fused-ring (bicyclic) bond motifs is 2. The molecule has 1 aliphatic carbocycles. The standard InChI is InChI=1S/C26H25NO3/c28-26(27-17-18-8-2-1-3-9-18)21-14-15-24(29-20-11-5-6-12-20)25-22(21)16-19-10-4-7-13-23(19)30-25/h1-4,7-10,13-15,20H,5-6,11-12,16-17H2,(H,27,28). The molecule has 0 spiro atoms. The predicted molar refractivity (Wildman–Crippen MR) is 116 cm³/mol. The Morgan fingerprint density at radius 3 is 2.57 bits per heavy atom. The van der Waals surface area contributed by atoms with Crippen molar-refractivity contribution in [1.82, 2.24) is 5.32 Å². The Labute approximate surface area is 176 Å². The number of carbonyl (C=O) groups excluding carboxylic acids is 1. The Balaban J connectivity index is 1.45. The number of nitrogens with one attached hydrogen (secondary N) is 1. The molecule has 1 saturated carbocycles. The molecular weight excluding hydrogens is 374 g/mol. The molecule has 0 bridgehead atoms. The molecule has 0 aromatic heterocycles. The number of rotatable bonds is 5. The third kappa shape index (κ3) is 3.78. The van der Waals surface area contributed by atoms with Crippen LogP contribution < -0.4 is 14.8 Å². The Kier molecular flexibility index (Phi) is 5.14. The first-order valence-electron chi connectivity index (χ1n) is 10.7. The number of amides is 1. The molecule has 152 valence electrons. The van der Waals surface area contributed by atoms with Gasteiger partial charge in [-0.2, -0.15) is 0 Å². The SMILES string of the molecule is O=C(NCc1ccccc1)c1ccc(OC2CCCC2)c2c1Cc1ccccc1O2. The maximum Gasteiger partial charge on any atom is 0.251 e. The third-order valence-electron chi connectivity index (χ3n) is 5.91. The molecule has 4 heteroatoms. The average Bonchev–Trinajstić information content (AvgIpc) is 3.30. The van der Waals surface area contributed by atoms with Gasteiger partial charge in [0, 0.05) is 24.1 Å². The monoisotopic (exact) mass is 399 g/mol. The van der Waals surface area contributed by atoms with Crippen LogP contribution in [0.4, 0.5) is 0 Å². The molecule has 3 aromatic rings. The highest BCUT2D eigenvalue weighted by atomic mass is 16.5. The van der Waals surface area contributed by atoms with Crippen molar-refractivity contribution >= 4 is 5.91 Å². The molecule has 30 heavy (non-hydrogen) atoms. The molecule has 0 radical (unpaired) electrons. The van der Waals surface area contributed by atoms with Gasteiger partial charge < -0.3 is 14.8 Å². The van der Waals surface area contributed by atoms with Crippen LogP contribution >= 0.6 is 0 Å². The minimum Gasteiger partial charge on any atom is -0.487 e. The molecule has 5 rings (SSSR count). The van der Waals surface area contributed by atoms with Crippen LogP contribution in [0.3, 0.4) is 0 Å². The van der Waals surface area contributed by atoms with E-state index in [9.17, 15) is 4.79 Å². The summed E-state index contributed by atoms with van der Waals surface area (Å²) in [5.74, 6) is 2.17. The van der Waals surface area contributed by atoms with Crippen molar-refractivity contribution in [3.8, 4) is 17.2 Å². The van der Waals surface area contributed by atoms with Crippen molar-refractivity contribution in [2.24, 2.45) is 0 Å². The minimum absolute atomic E-state index is 0.0921. The largest absolute Gasteiger partial charge is 0.487 e. The quantitative estimate of drug-likeness (QED) is 0.473. The number of carbonyl (C=O) groups is 1. The number of hydrogen-bond donors (Lipinski definition) is 1. The Hall–Kier alpha value is -3.27. The van der Waals surface area contributed by atoms with E-state index in [0.717, 1.165) is 41.0 Å². The summed E-state index contributed by atoms with van der Waals surface area (Å²) in [6.45, 7) is 0.492. The van der Waals surface area contributed by atoms with Crippen molar-refractivity contribution in [3.05, 3.63) is 89.0 Å². The van der Waals surface area contributed by atoms with E-state index < -0.39 is 0 Å². The molecule has 0 saturated heterocycles. The number of ether oxygens (including phenoxy) is 2. The number of hydrogen-bond acceptors (Lipinski definition) is 3. The Bertz CT molecular complexity index is 1060. The zero-order valence-electron chi connectivity index (χ0n) is 16.9. The highest BCUT2D eigenvalue weighted by Gasteiger charge is 2.28. The molecule has 3 aromatic carbocycles. The summed E-state index contributed by atoms with van der Waals surface area (Å²) in [6, 6.07) is 21.7. The third-order valence-corrected chi connectivity index (χ3v) is 5.91. The number of benzene rings is 3. The fraction of sp³-hybridized carbons (Fsp3) is 0.269. The van der Waals surface area contributed by atoms with Gasteiger partial charge in [-0.25, -0.2) is 0 Å². The van der Waals surface area contributed by atoms with Gasteiger partial charge in [0.2, 0.25) is 0 Å². The second-order valence-electron chi connectivity index (χ2n) is 8.00. The van der Waals surface area contributed by atoms with Crippen LogP contribution in [0.5, 0.6) is 17.2 Å². The summed E-state index contributed by atoms with van der Waals surface area (Å²) in [7, 11) is 0. The molecule has 1 amide bonds. The van der Waals surface area contributed by atoms with E-state index >= 15 is 0 Å². The maximum atomic E-state index is 13.1. The van der Waals surface area contributed by atoms with Crippen molar-refractivity contribution < 1.29 is 14.3 Å². The Morgan fingerprint density at radius 2 is 1.73 bits per heavy atom. The van der Waals surface area contributed by atoms with Crippen LogP contribution in [0.1, 0.15) is 52.7 Å². The lowest BCUT2D eigenvalue weighted by atomic mass is 9.95. The first-order chi connectivity index (χ1) is 14.8. The van der Waals surface area contributed by atoms with Gasteiger partial charge in [0.15, 0.2) is 11.5 Å². The van der Waals surface area contributed by atoms with Gasteiger partial charge in [-0.05, 0) is 55.0 Å². The van der Waals surface area contributed by atoms with E-state index in [1.807, 2.05) is 60.7 Å². The lowest BCUT2D eigenvalue weighted by molar-refractivity contribution is 0.0949. The van der Waals surface area contributed by atoms with Gasteiger partial charge in [0.25, 0.3) is 5.91 Å². The molecule has 1 aliphatic heterocycles. The molecule has 2 aliphatic rings. The van der Waals surface area contributed by atoms with Gasteiger partial charge in [-0.1, -0.05) is 48.5 Å². The van der Waals surface area contributed by atoms with Crippen LogP contribution in [-0.4, -0.2) is 12.0 Å². The normalized spacial score (nSPS) is 15.1. The van der Waals surface area contributed by atoms with Crippen LogP contribution in [0.15, 0.2) is 66.7 Å². The summed E-state index contributed by atoms with van der Waals surface area (Å²) in [5, 5.41) is 3.05. The molecule has 1 heterocycles. The molecule has 4 nitrogen and oxygen atoms in total. The van der Waals surface area contributed by atoms with Gasteiger partial charge >= 0.3 is 0 Å². The van der Waals surface area contributed by atoms with E-state index in [2.05, 4.69) is 11.4 Å². The van der Waals surface area contributed by atoms with Crippen molar-refractivity contribution in [2.75, 3.05) is 0 Å². The molecule has 1 fully saturated rings. The topological polar surface area (TPSA) is 47.6 Å². The van der Waals surface area contributed by atoms with E-state index in [1.165, 1.54) is 12.8 Å². The predicted octanol–water partition coefficient (Wildman–Crippen LogP) is 5.63. The highest BCUT2D eigenvalue weighted by molar-refractivity contribution is 5.97. The summed E-state index contributed by atoms with van der Waals surface area (Å²) in [6.07, 6.45) is 5.44. The summed E-state index contributed by atoms with van der Waals surface area (Å²) < 4.78 is 12.6. The second kappa shape index (κ2) is 8.23. The lowest BCUT2D eigenvalue weighted by Gasteiger charge is -2.26. The smallest absolute Gasteiger partial charge is 0.251 e. The zero-order chi connectivity index (χ0) is 20.3. The average molecular weight is 399 g/mol. The van der Waals surface area contributed by atoms with Crippen molar-refractivity contribution in [2.45, 2.75) is 44.8 Å².